The number of hydrogen-bond acceptors (Lipinski definition) is 6. The van der Waals surface area contributed by atoms with Crippen LogP contribution in [-0.4, -0.2) is 59.0 Å². The highest BCUT2D eigenvalue weighted by molar-refractivity contribution is 5.85. The van der Waals surface area contributed by atoms with E-state index in [1.165, 1.54) is 6.92 Å². The van der Waals surface area contributed by atoms with Gasteiger partial charge in [-0.2, -0.15) is 0 Å². The van der Waals surface area contributed by atoms with Gasteiger partial charge in [0.15, 0.2) is 0 Å². The van der Waals surface area contributed by atoms with E-state index < -0.39 is 41.4 Å². The van der Waals surface area contributed by atoms with Crippen molar-refractivity contribution < 1.29 is 33.8 Å². The average molecular weight is 418 g/mol. The minimum absolute atomic E-state index is 0.191. The Labute approximate surface area is 172 Å². The molecule has 3 amide bonds. The molecule has 0 aliphatic heterocycles. The van der Waals surface area contributed by atoms with Crippen LogP contribution in [0.25, 0.3) is 0 Å². The van der Waals surface area contributed by atoms with E-state index in [1.807, 2.05) is 0 Å². The number of unbranched alkanes of at least 4 members (excludes halogenated alkanes) is 1. The summed E-state index contributed by atoms with van der Waals surface area (Å²) in [6, 6.07) is -1.85. The van der Waals surface area contributed by atoms with Crippen LogP contribution in [0.5, 0.6) is 0 Å². The van der Waals surface area contributed by atoms with Gasteiger partial charge in [0.2, 0.25) is 5.91 Å². The smallest absolute Gasteiger partial charge is 0.408 e. The molecule has 0 unspecified atom stereocenters. The molecule has 29 heavy (non-hydrogen) atoms. The van der Waals surface area contributed by atoms with Gasteiger partial charge in [0.05, 0.1) is 0 Å². The standard InChI is InChI=1S/C19H35N3O7/c1-12(21-16(26)28-18(2,3)4)14(23)20-11-9-8-10-13(15(24)25)22-17(27)29-19(5,6)7/h12-13H,8-11H2,1-7H3,(H,20,23)(H,21,26)(H,22,27)(H,24,25)/t12-,13-/m0/s1. The van der Waals surface area contributed by atoms with E-state index in [2.05, 4.69) is 16.0 Å². The van der Waals surface area contributed by atoms with Gasteiger partial charge in [-0.25, -0.2) is 14.4 Å². The molecule has 168 valence electrons. The van der Waals surface area contributed by atoms with E-state index in [9.17, 15) is 24.3 Å². The number of amides is 3. The zero-order valence-corrected chi connectivity index (χ0v) is 18.4. The first-order valence-corrected chi connectivity index (χ1v) is 9.60. The van der Waals surface area contributed by atoms with Gasteiger partial charge >= 0.3 is 18.2 Å². The lowest BCUT2D eigenvalue weighted by Gasteiger charge is -2.22. The Morgan fingerprint density at radius 2 is 1.34 bits per heavy atom. The fraction of sp³-hybridized carbons (Fsp3) is 0.789. The molecule has 0 aromatic rings. The molecule has 0 saturated heterocycles. The molecule has 0 spiro atoms. The van der Waals surface area contributed by atoms with Gasteiger partial charge in [-0.3, -0.25) is 4.79 Å². The number of alkyl carbamates (subject to hydrolysis) is 2. The molecule has 0 bridgehead atoms. The summed E-state index contributed by atoms with van der Waals surface area (Å²) in [6.45, 7) is 12.1. The van der Waals surface area contributed by atoms with Crippen molar-refractivity contribution >= 4 is 24.1 Å². The fourth-order valence-corrected chi connectivity index (χ4v) is 2.10. The number of hydrogen-bond donors (Lipinski definition) is 4. The Morgan fingerprint density at radius 1 is 0.862 bits per heavy atom. The monoisotopic (exact) mass is 417 g/mol. The summed E-state index contributed by atoms with van der Waals surface area (Å²) >= 11 is 0. The van der Waals surface area contributed by atoms with Gasteiger partial charge in [0.25, 0.3) is 0 Å². The highest BCUT2D eigenvalue weighted by Gasteiger charge is 2.24. The lowest BCUT2D eigenvalue weighted by Crippen LogP contribution is -2.46. The zero-order valence-electron chi connectivity index (χ0n) is 18.4. The lowest BCUT2D eigenvalue weighted by atomic mass is 10.1. The molecule has 0 aromatic heterocycles. The van der Waals surface area contributed by atoms with Crippen molar-refractivity contribution in [2.24, 2.45) is 0 Å². The lowest BCUT2D eigenvalue weighted by molar-refractivity contribution is -0.139. The normalized spacial score (nSPS) is 13.6. The third-order valence-electron chi connectivity index (χ3n) is 3.33. The van der Waals surface area contributed by atoms with E-state index >= 15 is 0 Å². The Kier molecular flexibility index (Phi) is 10.5. The van der Waals surface area contributed by atoms with Crippen LogP contribution in [0.3, 0.4) is 0 Å². The summed E-state index contributed by atoms with van der Waals surface area (Å²) in [5, 5.41) is 16.6. The van der Waals surface area contributed by atoms with Gasteiger partial charge in [-0.1, -0.05) is 0 Å². The van der Waals surface area contributed by atoms with E-state index in [-0.39, 0.29) is 12.3 Å². The number of nitrogens with one attached hydrogen (secondary N) is 3. The highest BCUT2D eigenvalue weighted by atomic mass is 16.6. The SMILES string of the molecule is C[C@H](NC(=O)OC(C)(C)C)C(=O)NCCCC[C@H](NC(=O)OC(C)(C)C)C(=O)O. The van der Waals surface area contributed by atoms with Crippen molar-refractivity contribution in [3.63, 3.8) is 0 Å². The average Bonchev–Trinajstić information content (AvgIpc) is 2.49. The summed E-state index contributed by atoms with van der Waals surface area (Å²) < 4.78 is 10.1. The number of rotatable bonds is 9. The molecule has 0 fully saturated rings. The Morgan fingerprint density at radius 3 is 1.79 bits per heavy atom. The van der Waals surface area contributed by atoms with Crippen molar-refractivity contribution in [3.8, 4) is 0 Å². The van der Waals surface area contributed by atoms with Crippen LogP contribution in [0.1, 0.15) is 67.7 Å². The predicted molar refractivity (Wildman–Crippen MR) is 106 cm³/mol. The maximum atomic E-state index is 12.0. The number of carboxylic acid groups (broad SMARTS) is 1. The second-order valence-corrected chi connectivity index (χ2v) is 8.69. The van der Waals surface area contributed by atoms with Gasteiger partial charge in [0.1, 0.15) is 23.3 Å². The summed E-state index contributed by atoms with van der Waals surface area (Å²) in [5.74, 6) is -1.53. The molecule has 10 nitrogen and oxygen atoms in total. The molecular weight excluding hydrogens is 382 g/mol. The van der Waals surface area contributed by atoms with Crippen molar-refractivity contribution in [3.05, 3.63) is 0 Å². The Bertz CT molecular complexity index is 579. The Balaban J connectivity index is 4.21. The van der Waals surface area contributed by atoms with Gasteiger partial charge in [-0.15, -0.1) is 0 Å². The van der Waals surface area contributed by atoms with Crippen LogP contribution in [-0.2, 0) is 19.1 Å². The van der Waals surface area contributed by atoms with Crippen LogP contribution in [0.2, 0.25) is 0 Å². The van der Waals surface area contributed by atoms with Crippen molar-refractivity contribution in [1.82, 2.24) is 16.0 Å². The van der Waals surface area contributed by atoms with Crippen LogP contribution in [0.4, 0.5) is 9.59 Å². The minimum atomic E-state index is -1.16. The van der Waals surface area contributed by atoms with Crippen molar-refractivity contribution in [2.75, 3.05) is 6.54 Å². The highest BCUT2D eigenvalue weighted by Crippen LogP contribution is 2.09. The largest absolute Gasteiger partial charge is 0.480 e. The number of aliphatic carboxylic acids is 1. The molecule has 0 rings (SSSR count). The number of carbonyl (C=O) groups is 4. The second-order valence-electron chi connectivity index (χ2n) is 8.69. The quantitative estimate of drug-likeness (QED) is 0.421. The van der Waals surface area contributed by atoms with Crippen LogP contribution in [0, 0.1) is 0 Å². The number of carboxylic acids is 1. The predicted octanol–water partition coefficient (Wildman–Crippen LogP) is 2.16. The fourth-order valence-electron chi connectivity index (χ4n) is 2.10. The third-order valence-corrected chi connectivity index (χ3v) is 3.33. The minimum Gasteiger partial charge on any atom is -0.480 e. The molecule has 0 aliphatic rings. The van der Waals surface area contributed by atoms with Crippen LogP contribution < -0.4 is 16.0 Å². The van der Waals surface area contributed by atoms with Gasteiger partial charge < -0.3 is 30.5 Å². The van der Waals surface area contributed by atoms with Gasteiger partial charge in [-0.05, 0) is 67.7 Å². The molecule has 0 radical (unpaired) electrons. The first-order chi connectivity index (χ1) is 13.1. The maximum absolute atomic E-state index is 12.0. The molecule has 4 N–H and O–H groups in total. The van der Waals surface area contributed by atoms with Crippen molar-refractivity contribution in [2.45, 2.75) is 91.0 Å². The zero-order chi connectivity index (χ0) is 22.8. The summed E-state index contributed by atoms with van der Waals surface area (Å²) in [7, 11) is 0. The van der Waals surface area contributed by atoms with Gasteiger partial charge in [0, 0.05) is 6.54 Å². The van der Waals surface area contributed by atoms with E-state index in [4.69, 9.17) is 9.47 Å². The van der Waals surface area contributed by atoms with E-state index in [0.717, 1.165) is 0 Å². The maximum Gasteiger partial charge on any atom is 0.408 e. The van der Waals surface area contributed by atoms with Crippen molar-refractivity contribution in [1.29, 1.82) is 0 Å². The molecule has 2 atom stereocenters. The molecule has 0 saturated carbocycles. The van der Waals surface area contributed by atoms with Crippen LogP contribution >= 0.6 is 0 Å². The van der Waals surface area contributed by atoms with Crippen LogP contribution in [0.15, 0.2) is 0 Å². The van der Waals surface area contributed by atoms with E-state index in [0.29, 0.717) is 19.4 Å². The number of carbonyl (C=O) groups excluding carboxylic acids is 3. The first-order valence-electron chi connectivity index (χ1n) is 9.60. The molecule has 0 aliphatic carbocycles. The molecule has 0 aromatic carbocycles. The molecular formula is C19H35N3O7. The summed E-state index contributed by atoms with van der Waals surface area (Å²) in [4.78, 5) is 46.6. The molecule has 10 heteroatoms. The first kappa shape index (κ1) is 26.5. The number of ether oxygens (including phenoxy) is 2. The van der Waals surface area contributed by atoms with E-state index in [1.54, 1.807) is 41.5 Å². The third kappa shape index (κ3) is 14.2. The summed E-state index contributed by atoms with van der Waals surface area (Å²) in [6.07, 6.45) is -0.320. The molecule has 0 heterocycles. The summed E-state index contributed by atoms with van der Waals surface area (Å²) in [5.41, 5.74) is -1.38. The topological polar surface area (TPSA) is 143 Å². The Hall–Kier alpha value is -2.52. The second kappa shape index (κ2) is 11.5.